The molecule has 1 aliphatic carbocycles. The molecule has 2 nitrogen and oxygen atoms in total. The lowest BCUT2D eigenvalue weighted by atomic mass is 10.3. The van der Waals surface area contributed by atoms with E-state index in [1.807, 2.05) is 24.4 Å². The maximum atomic E-state index is 4.19. The summed E-state index contributed by atoms with van der Waals surface area (Å²) in [6.07, 6.45) is 3.19. The molecule has 1 aromatic rings. The SMILES string of the molecule is CC1CC1CNc1ccccn1. The van der Waals surface area contributed by atoms with E-state index >= 15 is 0 Å². The van der Waals surface area contributed by atoms with Crippen molar-refractivity contribution >= 4 is 5.82 Å². The van der Waals surface area contributed by atoms with E-state index in [1.165, 1.54) is 6.42 Å². The average Bonchev–Trinajstić information content (AvgIpc) is 2.81. The normalized spacial score (nSPS) is 26.8. The van der Waals surface area contributed by atoms with Gasteiger partial charge >= 0.3 is 0 Å². The van der Waals surface area contributed by atoms with Gasteiger partial charge < -0.3 is 5.32 Å². The fourth-order valence-electron chi connectivity index (χ4n) is 1.39. The summed E-state index contributed by atoms with van der Waals surface area (Å²) in [6, 6.07) is 5.95. The Kier molecular flexibility index (Phi) is 1.98. The molecule has 1 aromatic heterocycles. The third-order valence-corrected chi connectivity index (χ3v) is 2.49. The summed E-state index contributed by atoms with van der Waals surface area (Å²) >= 11 is 0. The zero-order valence-electron chi connectivity index (χ0n) is 7.33. The van der Waals surface area contributed by atoms with Gasteiger partial charge in [0.15, 0.2) is 0 Å². The largest absolute Gasteiger partial charge is 0.370 e. The van der Waals surface area contributed by atoms with E-state index in [0.29, 0.717) is 0 Å². The monoisotopic (exact) mass is 162 g/mol. The molecule has 2 rings (SSSR count). The highest BCUT2D eigenvalue weighted by Gasteiger charge is 2.31. The number of hydrogen-bond donors (Lipinski definition) is 1. The van der Waals surface area contributed by atoms with Crippen LogP contribution in [-0.2, 0) is 0 Å². The molecule has 0 radical (unpaired) electrons. The third kappa shape index (κ3) is 1.76. The number of nitrogens with zero attached hydrogens (tertiary/aromatic N) is 1. The van der Waals surface area contributed by atoms with Gasteiger partial charge in [0.25, 0.3) is 0 Å². The second-order valence-corrected chi connectivity index (χ2v) is 3.57. The van der Waals surface area contributed by atoms with Crippen molar-refractivity contribution in [1.82, 2.24) is 4.98 Å². The Morgan fingerprint density at radius 2 is 2.42 bits per heavy atom. The highest BCUT2D eigenvalue weighted by molar-refractivity contribution is 5.33. The molecule has 0 aliphatic heterocycles. The summed E-state index contributed by atoms with van der Waals surface area (Å²) in [5, 5.41) is 3.33. The van der Waals surface area contributed by atoms with Gasteiger partial charge in [0.1, 0.15) is 5.82 Å². The van der Waals surface area contributed by atoms with Crippen LogP contribution in [-0.4, -0.2) is 11.5 Å². The smallest absolute Gasteiger partial charge is 0.125 e. The zero-order chi connectivity index (χ0) is 8.39. The maximum absolute atomic E-state index is 4.19. The Labute approximate surface area is 73.0 Å². The van der Waals surface area contributed by atoms with Crippen LogP contribution in [0.2, 0.25) is 0 Å². The molecule has 1 saturated carbocycles. The second-order valence-electron chi connectivity index (χ2n) is 3.57. The molecule has 64 valence electrons. The number of pyridine rings is 1. The van der Waals surface area contributed by atoms with Gasteiger partial charge in [0.2, 0.25) is 0 Å². The maximum Gasteiger partial charge on any atom is 0.125 e. The molecule has 0 spiro atoms. The van der Waals surface area contributed by atoms with Gasteiger partial charge in [-0.15, -0.1) is 0 Å². The molecule has 12 heavy (non-hydrogen) atoms. The van der Waals surface area contributed by atoms with Crippen molar-refractivity contribution in [3.05, 3.63) is 24.4 Å². The molecule has 2 heteroatoms. The highest BCUT2D eigenvalue weighted by atomic mass is 15.0. The average molecular weight is 162 g/mol. The Morgan fingerprint density at radius 3 is 3.00 bits per heavy atom. The summed E-state index contributed by atoms with van der Waals surface area (Å²) < 4.78 is 0. The number of rotatable bonds is 3. The first-order valence-electron chi connectivity index (χ1n) is 4.51. The number of hydrogen-bond acceptors (Lipinski definition) is 2. The lowest BCUT2D eigenvalue weighted by Gasteiger charge is -2.02. The van der Waals surface area contributed by atoms with Gasteiger partial charge in [-0.3, -0.25) is 0 Å². The van der Waals surface area contributed by atoms with Crippen LogP contribution < -0.4 is 5.32 Å². The molecule has 1 aliphatic rings. The van der Waals surface area contributed by atoms with Crippen molar-refractivity contribution in [2.45, 2.75) is 13.3 Å². The molecule has 0 aromatic carbocycles. The Bertz CT molecular complexity index is 245. The standard InChI is InChI=1S/C10H14N2/c1-8-6-9(8)7-12-10-4-2-3-5-11-10/h2-5,8-9H,6-7H2,1H3,(H,11,12). The van der Waals surface area contributed by atoms with Crippen LogP contribution in [0.25, 0.3) is 0 Å². The van der Waals surface area contributed by atoms with Crippen LogP contribution >= 0.6 is 0 Å². The summed E-state index contributed by atoms with van der Waals surface area (Å²) in [4.78, 5) is 4.19. The first-order chi connectivity index (χ1) is 5.86. The van der Waals surface area contributed by atoms with Crippen LogP contribution in [0, 0.1) is 11.8 Å². The van der Waals surface area contributed by atoms with Crippen molar-refractivity contribution in [2.24, 2.45) is 11.8 Å². The van der Waals surface area contributed by atoms with Gasteiger partial charge in [-0.25, -0.2) is 4.98 Å². The van der Waals surface area contributed by atoms with E-state index in [1.54, 1.807) is 0 Å². The van der Waals surface area contributed by atoms with Crippen LogP contribution in [0.5, 0.6) is 0 Å². The van der Waals surface area contributed by atoms with Gasteiger partial charge in [-0.05, 0) is 30.4 Å². The van der Waals surface area contributed by atoms with Gasteiger partial charge in [-0.2, -0.15) is 0 Å². The molecular weight excluding hydrogens is 148 g/mol. The molecule has 1 N–H and O–H groups in total. The van der Waals surface area contributed by atoms with E-state index in [4.69, 9.17) is 0 Å². The number of anilines is 1. The Hall–Kier alpha value is -1.05. The van der Waals surface area contributed by atoms with Crippen molar-refractivity contribution in [3.8, 4) is 0 Å². The van der Waals surface area contributed by atoms with Crippen molar-refractivity contribution in [2.75, 3.05) is 11.9 Å². The molecule has 1 fully saturated rings. The number of nitrogens with one attached hydrogen (secondary N) is 1. The van der Waals surface area contributed by atoms with Crippen LogP contribution in [0.15, 0.2) is 24.4 Å². The van der Waals surface area contributed by atoms with Crippen molar-refractivity contribution < 1.29 is 0 Å². The quantitative estimate of drug-likeness (QED) is 0.736. The molecule has 0 bridgehead atoms. The van der Waals surface area contributed by atoms with E-state index in [2.05, 4.69) is 17.2 Å². The van der Waals surface area contributed by atoms with E-state index in [-0.39, 0.29) is 0 Å². The minimum Gasteiger partial charge on any atom is -0.370 e. The molecule has 0 amide bonds. The third-order valence-electron chi connectivity index (χ3n) is 2.49. The fraction of sp³-hybridized carbons (Fsp3) is 0.500. The lowest BCUT2D eigenvalue weighted by molar-refractivity contribution is 0.784. The predicted octanol–water partition coefficient (Wildman–Crippen LogP) is 2.15. The first kappa shape index (κ1) is 7.59. The van der Waals surface area contributed by atoms with E-state index in [9.17, 15) is 0 Å². The summed E-state index contributed by atoms with van der Waals surface area (Å²) in [6.45, 7) is 3.38. The predicted molar refractivity (Wildman–Crippen MR) is 50.0 cm³/mol. The van der Waals surface area contributed by atoms with Crippen molar-refractivity contribution in [1.29, 1.82) is 0 Å². The topological polar surface area (TPSA) is 24.9 Å². The first-order valence-corrected chi connectivity index (χ1v) is 4.51. The van der Waals surface area contributed by atoms with Crippen LogP contribution in [0.1, 0.15) is 13.3 Å². The summed E-state index contributed by atoms with van der Waals surface area (Å²) in [5.41, 5.74) is 0. The molecule has 0 saturated heterocycles. The van der Waals surface area contributed by atoms with E-state index in [0.717, 1.165) is 24.2 Å². The summed E-state index contributed by atoms with van der Waals surface area (Å²) in [7, 11) is 0. The Morgan fingerprint density at radius 1 is 1.58 bits per heavy atom. The zero-order valence-corrected chi connectivity index (χ0v) is 7.33. The Balaban J connectivity index is 1.80. The van der Waals surface area contributed by atoms with Gasteiger partial charge in [0, 0.05) is 12.7 Å². The molecule has 2 atom stereocenters. The fourth-order valence-corrected chi connectivity index (χ4v) is 1.39. The molecule has 2 unspecified atom stereocenters. The molecule has 1 heterocycles. The van der Waals surface area contributed by atoms with E-state index < -0.39 is 0 Å². The second kappa shape index (κ2) is 3.13. The molecular formula is C10H14N2. The highest BCUT2D eigenvalue weighted by Crippen LogP contribution is 2.37. The van der Waals surface area contributed by atoms with Crippen LogP contribution in [0.4, 0.5) is 5.82 Å². The van der Waals surface area contributed by atoms with Crippen LogP contribution in [0.3, 0.4) is 0 Å². The van der Waals surface area contributed by atoms with Gasteiger partial charge in [-0.1, -0.05) is 13.0 Å². The summed E-state index contributed by atoms with van der Waals surface area (Å²) in [5.74, 6) is 2.80. The minimum absolute atomic E-state index is 0.881. The van der Waals surface area contributed by atoms with Crippen molar-refractivity contribution in [3.63, 3.8) is 0 Å². The lowest BCUT2D eigenvalue weighted by Crippen LogP contribution is -2.05. The number of aromatic nitrogens is 1. The minimum atomic E-state index is 0.881. The van der Waals surface area contributed by atoms with Gasteiger partial charge in [0.05, 0.1) is 0 Å².